The molecule has 0 bridgehead atoms. The average Bonchev–Trinajstić information content (AvgIpc) is 3.21. The van der Waals surface area contributed by atoms with Gasteiger partial charge in [-0.15, -0.1) is 0 Å². The SMILES string of the molecule is CCCCCCNC(=O)c1cc(-c2ccc(C)c(C)c2)nn1-c1cccc([N+](=O)[O-])c1. The molecule has 162 valence electrons. The highest BCUT2D eigenvalue weighted by Crippen LogP contribution is 2.25. The van der Waals surface area contributed by atoms with Crippen LogP contribution in [0.5, 0.6) is 0 Å². The molecule has 0 fully saturated rings. The predicted octanol–water partition coefficient (Wildman–Crippen LogP) is 5.37. The number of nitrogens with zero attached hydrogens (tertiary/aromatic N) is 3. The monoisotopic (exact) mass is 420 g/mol. The number of carbonyl (C=O) groups excluding carboxylic acids is 1. The largest absolute Gasteiger partial charge is 0.351 e. The van der Waals surface area contributed by atoms with Crippen LogP contribution in [0.4, 0.5) is 5.69 Å². The lowest BCUT2D eigenvalue weighted by Crippen LogP contribution is -2.26. The predicted molar refractivity (Wildman–Crippen MR) is 122 cm³/mol. The van der Waals surface area contributed by atoms with Crippen molar-refractivity contribution in [1.29, 1.82) is 0 Å². The fraction of sp³-hybridized carbons (Fsp3) is 0.333. The molecule has 0 aliphatic rings. The van der Waals surface area contributed by atoms with E-state index in [9.17, 15) is 14.9 Å². The van der Waals surface area contributed by atoms with Gasteiger partial charge >= 0.3 is 0 Å². The second-order valence-corrected chi connectivity index (χ2v) is 7.72. The van der Waals surface area contributed by atoms with Gasteiger partial charge in [-0.2, -0.15) is 5.10 Å². The summed E-state index contributed by atoms with van der Waals surface area (Å²) in [6.07, 6.45) is 4.24. The van der Waals surface area contributed by atoms with Crippen molar-refractivity contribution >= 4 is 11.6 Å². The van der Waals surface area contributed by atoms with E-state index in [1.165, 1.54) is 22.4 Å². The van der Waals surface area contributed by atoms with Crippen LogP contribution in [0.1, 0.15) is 54.2 Å². The van der Waals surface area contributed by atoms with Gasteiger partial charge in [-0.3, -0.25) is 14.9 Å². The number of hydrogen-bond acceptors (Lipinski definition) is 4. The van der Waals surface area contributed by atoms with Gasteiger partial charge in [-0.05, 0) is 49.6 Å². The van der Waals surface area contributed by atoms with Gasteiger partial charge in [0.15, 0.2) is 0 Å². The van der Waals surface area contributed by atoms with Crippen LogP contribution in [-0.2, 0) is 0 Å². The lowest BCUT2D eigenvalue weighted by molar-refractivity contribution is -0.384. The van der Waals surface area contributed by atoms with Crippen molar-refractivity contribution in [2.75, 3.05) is 6.54 Å². The van der Waals surface area contributed by atoms with Crippen LogP contribution in [0.2, 0.25) is 0 Å². The minimum absolute atomic E-state index is 0.0494. The second-order valence-electron chi connectivity index (χ2n) is 7.72. The number of non-ortho nitro benzene ring substituents is 1. The Morgan fingerprint density at radius 2 is 1.87 bits per heavy atom. The lowest BCUT2D eigenvalue weighted by Gasteiger charge is -2.08. The third-order valence-corrected chi connectivity index (χ3v) is 5.35. The molecule has 0 radical (unpaired) electrons. The highest BCUT2D eigenvalue weighted by Gasteiger charge is 2.19. The molecule has 0 atom stereocenters. The molecule has 31 heavy (non-hydrogen) atoms. The minimum Gasteiger partial charge on any atom is -0.351 e. The maximum absolute atomic E-state index is 13.0. The first-order valence-electron chi connectivity index (χ1n) is 10.6. The van der Waals surface area contributed by atoms with Gasteiger partial charge in [-0.25, -0.2) is 4.68 Å². The summed E-state index contributed by atoms with van der Waals surface area (Å²) in [6.45, 7) is 6.79. The summed E-state index contributed by atoms with van der Waals surface area (Å²) in [5.41, 5.74) is 4.61. The van der Waals surface area contributed by atoms with Crippen molar-refractivity contribution in [1.82, 2.24) is 15.1 Å². The smallest absolute Gasteiger partial charge is 0.271 e. The first kappa shape index (κ1) is 22.2. The minimum atomic E-state index is -0.454. The summed E-state index contributed by atoms with van der Waals surface area (Å²) in [6, 6.07) is 13.9. The Hall–Kier alpha value is -3.48. The molecule has 0 aliphatic carbocycles. The molecular formula is C24H28N4O3. The zero-order chi connectivity index (χ0) is 22.4. The first-order chi connectivity index (χ1) is 14.9. The summed E-state index contributed by atoms with van der Waals surface area (Å²) in [7, 11) is 0. The number of nitrogens with one attached hydrogen (secondary N) is 1. The van der Waals surface area contributed by atoms with Crippen LogP contribution in [0.3, 0.4) is 0 Å². The fourth-order valence-corrected chi connectivity index (χ4v) is 3.36. The molecule has 0 spiro atoms. The number of aromatic nitrogens is 2. The number of benzene rings is 2. The van der Waals surface area contributed by atoms with Crippen LogP contribution >= 0.6 is 0 Å². The molecule has 0 saturated heterocycles. The molecule has 7 heteroatoms. The Morgan fingerprint density at radius 1 is 1.06 bits per heavy atom. The number of amides is 1. The summed E-state index contributed by atoms with van der Waals surface area (Å²) in [5, 5.41) is 18.8. The highest BCUT2D eigenvalue weighted by molar-refractivity contribution is 5.94. The number of nitro benzene ring substituents is 1. The molecule has 3 rings (SSSR count). The molecule has 1 N–H and O–H groups in total. The van der Waals surface area contributed by atoms with Crippen molar-refractivity contribution in [3.63, 3.8) is 0 Å². The Bertz CT molecular complexity index is 1090. The lowest BCUT2D eigenvalue weighted by atomic mass is 10.0. The van der Waals surface area contributed by atoms with E-state index in [4.69, 9.17) is 0 Å². The number of rotatable bonds is 9. The van der Waals surface area contributed by atoms with E-state index in [0.717, 1.165) is 36.8 Å². The summed E-state index contributed by atoms with van der Waals surface area (Å²) in [5.74, 6) is -0.245. The Kier molecular flexibility index (Phi) is 7.18. The van der Waals surface area contributed by atoms with Gasteiger partial charge in [-0.1, -0.05) is 44.4 Å². The molecule has 1 heterocycles. The van der Waals surface area contributed by atoms with Crippen LogP contribution in [0, 0.1) is 24.0 Å². The summed E-state index contributed by atoms with van der Waals surface area (Å²) in [4.78, 5) is 23.7. The van der Waals surface area contributed by atoms with Gasteiger partial charge in [0.1, 0.15) is 5.69 Å². The first-order valence-corrected chi connectivity index (χ1v) is 10.6. The average molecular weight is 421 g/mol. The maximum Gasteiger partial charge on any atom is 0.271 e. The molecule has 1 amide bonds. The molecule has 0 unspecified atom stereocenters. The van der Waals surface area contributed by atoms with Crippen LogP contribution < -0.4 is 5.32 Å². The van der Waals surface area contributed by atoms with E-state index in [2.05, 4.69) is 17.3 Å². The van der Waals surface area contributed by atoms with Crippen LogP contribution in [0.25, 0.3) is 16.9 Å². The fourth-order valence-electron chi connectivity index (χ4n) is 3.36. The van der Waals surface area contributed by atoms with Gasteiger partial charge in [0.2, 0.25) is 0 Å². The number of carbonyl (C=O) groups is 1. The number of nitro groups is 1. The zero-order valence-electron chi connectivity index (χ0n) is 18.2. The summed E-state index contributed by atoms with van der Waals surface area (Å²) >= 11 is 0. The van der Waals surface area contributed by atoms with Gasteiger partial charge in [0.05, 0.1) is 16.3 Å². The molecule has 0 aliphatic heterocycles. The van der Waals surface area contributed by atoms with Gasteiger partial charge < -0.3 is 5.32 Å². The second kappa shape index (κ2) is 10.0. The normalized spacial score (nSPS) is 10.8. The number of aryl methyl sites for hydroxylation is 2. The number of hydrogen-bond donors (Lipinski definition) is 1. The van der Waals surface area contributed by atoms with Crippen molar-refractivity contribution < 1.29 is 9.72 Å². The molecule has 7 nitrogen and oxygen atoms in total. The third-order valence-electron chi connectivity index (χ3n) is 5.35. The van der Waals surface area contributed by atoms with Crippen LogP contribution in [-0.4, -0.2) is 27.2 Å². The van der Waals surface area contributed by atoms with Crippen LogP contribution in [0.15, 0.2) is 48.5 Å². The van der Waals surface area contributed by atoms with E-state index in [-0.39, 0.29) is 11.6 Å². The standard InChI is InChI=1S/C24H28N4O3/c1-4-5-6-7-13-25-24(29)23-16-22(19-12-11-17(2)18(3)14-19)26-27(23)20-9-8-10-21(15-20)28(30)31/h8-12,14-16H,4-7,13H2,1-3H3,(H,25,29). The molecule has 3 aromatic rings. The van der Waals surface area contributed by atoms with Crippen molar-refractivity contribution in [3.05, 3.63) is 75.5 Å². The van der Waals surface area contributed by atoms with Gasteiger partial charge in [0.25, 0.3) is 11.6 Å². The van der Waals surface area contributed by atoms with Gasteiger partial charge in [0, 0.05) is 24.2 Å². The molecular weight excluding hydrogens is 392 g/mol. The quantitative estimate of drug-likeness (QED) is 0.286. The maximum atomic E-state index is 13.0. The Labute approximate surface area is 182 Å². The third kappa shape index (κ3) is 5.36. The topological polar surface area (TPSA) is 90.1 Å². The molecule has 0 saturated carbocycles. The zero-order valence-corrected chi connectivity index (χ0v) is 18.2. The molecule has 2 aromatic carbocycles. The number of unbranched alkanes of at least 4 members (excludes halogenated alkanes) is 3. The van der Waals surface area contributed by atoms with E-state index in [1.807, 2.05) is 32.0 Å². The van der Waals surface area contributed by atoms with E-state index >= 15 is 0 Å². The van der Waals surface area contributed by atoms with E-state index < -0.39 is 4.92 Å². The van der Waals surface area contributed by atoms with Crippen molar-refractivity contribution in [2.45, 2.75) is 46.5 Å². The Morgan fingerprint density at radius 3 is 2.58 bits per heavy atom. The van der Waals surface area contributed by atoms with E-state index in [0.29, 0.717) is 23.6 Å². The van der Waals surface area contributed by atoms with Crippen molar-refractivity contribution in [2.24, 2.45) is 0 Å². The van der Waals surface area contributed by atoms with E-state index in [1.54, 1.807) is 18.2 Å². The highest BCUT2D eigenvalue weighted by atomic mass is 16.6. The van der Waals surface area contributed by atoms with Crippen molar-refractivity contribution in [3.8, 4) is 16.9 Å². The molecule has 1 aromatic heterocycles. The summed E-state index contributed by atoms with van der Waals surface area (Å²) < 4.78 is 1.49. The Balaban J connectivity index is 1.97.